The number of hydrogen-bond donors (Lipinski definition) is 1. The normalized spacial score (nSPS) is 11.8. The molecular weight excluding hydrogens is 297 g/mol. The summed E-state index contributed by atoms with van der Waals surface area (Å²) in [4.78, 5) is 10.1. The number of carboxylic acid groups (broad SMARTS) is 1. The molecule has 0 saturated heterocycles. The summed E-state index contributed by atoms with van der Waals surface area (Å²) in [6, 6.07) is 3.12. The van der Waals surface area contributed by atoms with Crippen LogP contribution in [0.15, 0.2) is 23.1 Å². The van der Waals surface area contributed by atoms with Gasteiger partial charge in [0.15, 0.2) is 0 Å². The van der Waals surface area contributed by atoms with Crippen molar-refractivity contribution in [3.63, 3.8) is 0 Å². The van der Waals surface area contributed by atoms with Gasteiger partial charge in [0.25, 0.3) is 0 Å². The van der Waals surface area contributed by atoms with Crippen molar-refractivity contribution >= 4 is 27.6 Å². The van der Waals surface area contributed by atoms with E-state index >= 15 is 0 Å². The molecule has 0 heterocycles. The Morgan fingerprint density at radius 1 is 1.47 bits per heavy atom. The lowest BCUT2D eigenvalue weighted by Crippen LogP contribution is -2.36. The summed E-state index contributed by atoms with van der Waals surface area (Å²) in [5.74, 6) is -2.27. The van der Waals surface area contributed by atoms with E-state index in [1.54, 1.807) is 6.92 Å². The molecule has 1 rings (SSSR count). The van der Waals surface area contributed by atoms with E-state index in [4.69, 9.17) is 16.7 Å². The van der Waals surface area contributed by atoms with Gasteiger partial charge in [0.2, 0.25) is 10.0 Å². The Labute approximate surface area is 115 Å². The highest BCUT2D eigenvalue weighted by Gasteiger charge is 2.28. The lowest BCUT2D eigenvalue weighted by atomic mass is 10.3. The van der Waals surface area contributed by atoms with Crippen molar-refractivity contribution < 1.29 is 22.7 Å². The fourth-order valence-corrected chi connectivity index (χ4v) is 3.31. The van der Waals surface area contributed by atoms with Gasteiger partial charge in [-0.05, 0) is 24.6 Å². The maximum atomic E-state index is 13.6. The Kier molecular flexibility index (Phi) is 5.28. The molecule has 19 heavy (non-hydrogen) atoms. The van der Waals surface area contributed by atoms with Gasteiger partial charge in [-0.25, -0.2) is 12.8 Å². The molecule has 5 nitrogen and oxygen atoms in total. The molecule has 106 valence electrons. The van der Waals surface area contributed by atoms with Gasteiger partial charge < -0.3 is 5.11 Å². The van der Waals surface area contributed by atoms with Crippen LogP contribution in [0.25, 0.3) is 0 Å². The molecule has 0 unspecified atom stereocenters. The second-order valence-corrected chi connectivity index (χ2v) is 6.15. The van der Waals surface area contributed by atoms with Crippen molar-refractivity contribution in [1.82, 2.24) is 4.31 Å². The summed E-state index contributed by atoms with van der Waals surface area (Å²) < 4.78 is 38.7. The third-order valence-corrected chi connectivity index (χ3v) is 4.39. The van der Waals surface area contributed by atoms with Crippen LogP contribution >= 0.6 is 11.6 Å². The van der Waals surface area contributed by atoms with Crippen molar-refractivity contribution in [3.05, 3.63) is 29.0 Å². The molecule has 0 atom stereocenters. The van der Waals surface area contributed by atoms with Gasteiger partial charge >= 0.3 is 5.97 Å². The van der Waals surface area contributed by atoms with Crippen molar-refractivity contribution in [3.8, 4) is 0 Å². The standard InChI is InChI=1S/C11H13ClFNO4S/c1-2-5-14(7-11(15)16)19(17,18)10-6-8(12)3-4-9(10)13/h3-4,6H,2,5,7H2,1H3,(H,15,16). The third-order valence-electron chi connectivity index (χ3n) is 2.30. The minimum Gasteiger partial charge on any atom is -0.480 e. The Bertz CT molecular complexity index is 576. The first kappa shape index (κ1) is 15.9. The average Bonchev–Trinajstić information content (AvgIpc) is 2.31. The molecule has 8 heteroatoms. The summed E-state index contributed by atoms with van der Waals surface area (Å²) in [6.45, 7) is 0.960. The summed E-state index contributed by atoms with van der Waals surface area (Å²) in [5, 5.41) is 8.78. The molecule has 0 radical (unpaired) electrons. The predicted octanol–water partition coefficient (Wildman–Crippen LogP) is 1.96. The minimum absolute atomic E-state index is 0.0133. The van der Waals surface area contributed by atoms with Crippen LogP contribution in [0, 0.1) is 5.82 Å². The topological polar surface area (TPSA) is 74.7 Å². The number of sulfonamides is 1. The fourth-order valence-electron chi connectivity index (χ4n) is 1.50. The number of hydrogen-bond acceptors (Lipinski definition) is 3. The van der Waals surface area contributed by atoms with E-state index in [-0.39, 0.29) is 11.6 Å². The van der Waals surface area contributed by atoms with Crippen LogP contribution < -0.4 is 0 Å². The molecule has 1 aromatic carbocycles. The van der Waals surface area contributed by atoms with Crippen LogP contribution in [-0.4, -0.2) is 36.9 Å². The van der Waals surface area contributed by atoms with Crippen LogP contribution in [0.3, 0.4) is 0 Å². The summed E-state index contributed by atoms with van der Waals surface area (Å²) >= 11 is 5.64. The summed E-state index contributed by atoms with van der Waals surface area (Å²) in [5.41, 5.74) is 0. The number of benzene rings is 1. The first-order valence-corrected chi connectivity index (χ1v) is 7.27. The molecule has 0 spiro atoms. The maximum absolute atomic E-state index is 13.6. The van der Waals surface area contributed by atoms with E-state index in [0.29, 0.717) is 10.7 Å². The lowest BCUT2D eigenvalue weighted by Gasteiger charge is -2.20. The lowest BCUT2D eigenvalue weighted by molar-refractivity contribution is -0.137. The number of aliphatic carboxylic acids is 1. The molecule has 0 amide bonds. The van der Waals surface area contributed by atoms with Crippen LogP contribution in [-0.2, 0) is 14.8 Å². The van der Waals surface area contributed by atoms with Gasteiger partial charge in [-0.3, -0.25) is 4.79 Å². The van der Waals surface area contributed by atoms with Crippen molar-refractivity contribution in [2.75, 3.05) is 13.1 Å². The molecule has 1 N–H and O–H groups in total. The van der Waals surface area contributed by atoms with Gasteiger partial charge in [-0.1, -0.05) is 18.5 Å². The highest BCUT2D eigenvalue weighted by atomic mass is 35.5. The summed E-state index contributed by atoms with van der Waals surface area (Å²) in [6.07, 6.45) is 0.411. The Morgan fingerprint density at radius 3 is 2.63 bits per heavy atom. The Morgan fingerprint density at radius 2 is 2.11 bits per heavy atom. The maximum Gasteiger partial charge on any atom is 0.318 e. The largest absolute Gasteiger partial charge is 0.480 e. The molecule has 0 aliphatic carbocycles. The zero-order valence-electron chi connectivity index (χ0n) is 10.1. The number of rotatable bonds is 6. The molecule has 0 fully saturated rings. The fraction of sp³-hybridized carbons (Fsp3) is 0.364. The van der Waals surface area contributed by atoms with Crippen LogP contribution in [0.5, 0.6) is 0 Å². The van der Waals surface area contributed by atoms with Gasteiger partial charge in [0.05, 0.1) is 0 Å². The number of carboxylic acids is 1. The molecular formula is C11H13ClFNO4S. The Hall–Kier alpha value is -1.18. The van der Waals surface area contributed by atoms with E-state index in [1.807, 2.05) is 0 Å². The average molecular weight is 310 g/mol. The quantitative estimate of drug-likeness (QED) is 0.871. The van der Waals surface area contributed by atoms with Crippen LogP contribution in [0.4, 0.5) is 4.39 Å². The van der Waals surface area contributed by atoms with Gasteiger partial charge in [-0.2, -0.15) is 4.31 Å². The molecule has 0 bridgehead atoms. The second kappa shape index (κ2) is 6.31. The molecule has 1 aromatic rings. The molecule has 0 aliphatic rings. The first-order chi connectivity index (χ1) is 8.78. The van der Waals surface area contributed by atoms with E-state index < -0.39 is 33.3 Å². The van der Waals surface area contributed by atoms with Gasteiger partial charge in [0.1, 0.15) is 17.3 Å². The first-order valence-electron chi connectivity index (χ1n) is 5.46. The van der Waals surface area contributed by atoms with Crippen LogP contribution in [0.1, 0.15) is 13.3 Å². The van der Waals surface area contributed by atoms with Crippen molar-refractivity contribution in [2.24, 2.45) is 0 Å². The van der Waals surface area contributed by atoms with E-state index in [2.05, 4.69) is 0 Å². The highest BCUT2D eigenvalue weighted by Crippen LogP contribution is 2.23. The van der Waals surface area contributed by atoms with Crippen molar-refractivity contribution in [2.45, 2.75) is 18.2 Å². The SMILES string of the molecule is CCCN(CC(=O)O)S(=O)(=O)c1cc(Cl)ccc1F. The second-order valence-electron chi connectivity index (χ2n) is 3.81. The predicted molar refractivity (Wildman–Crippen MR) is 68.1 cm³/mol. The number of nitrogens with zero attached hydrogens (tertiary/aromatic N) is 1. The number of halogens is 2. The smallest absolute Gasteiger partial charge is 0.318 e. The van der Waals surface area contributed by atoms with E-state index in [9.17, 15) is 17.6 Å². The monoisotopic (exact) mass is 309 g/mol. The third kappa shape index (κ3) is 3.89. The highest BCUT2D eigenvalue weighted by molar-refractivity contribution is 7.89. The molecule has 0 aromatic heterocycles. The zero-order valence-corrected chi connectivity index (χ0v) is 11.7. The van der Waals surface area contributed by atoms with E-state index in [0.717, 1.165) is 12.1 Å². The van der Waals surface area contributed by atoms with Gasteiger partial charge in [-0.15, -0.1) is 0 Å². The molecule has 0 aliphatic heterocycles. The zero-order chi connectivity index (χ0) is 14.6. The Balaban J connectivity index is 3.25. The van der Waals surface area contributed by atoms with Crippen LogP contribution in [0.2, 0.25) is 5.02 Å². The van der Waals surface area contributed by atoms with Gasteiger partial charge in [0, 0.05) is 11.6 Å². The number of carbonyl (C=O) groups is 1. The summed E-state index contributed by atoms with van der Waals surface area (Å²) in [7, 11) is -4.22. The minimum atomic E-state index is -4.22. The van der Waals surface area contributed by atoms with E-state index in [1.165, 1.54) is 6.07 Å². The van der Waals surface area contributed by atoms with Crippen molar-refractivity contribution in [1.29, 1.82) is 0 Å². The molecule has 0 saturated carbocycles.